The molecule has 0 amide bonds. The van der Waals surface area contributed by atoms with Crippen molar-refractivity contribution >= 4 is 0 Å². The molecule has 0 atom stereocenters. The van der Waals surface area contributed by atoms with Gasteiger partial charge in [-0.3, -0.25) is 0 Å². The topological polar surface area (TPSA) is 20.2 Å². The van der Waals surface area contributed by atoms with Gasteiger partial charge in [0.2, 0.25) is 0 Å². The van der Waals surface area contributed by atoms with Gasteiger partial charge in [0.25, 0.3) is 0 Å². The normalized spacial score (nSPS) is 11.4. The zero-order valence-corrected chi connectivity index (χ0v) is 8.84. The molecule has 0 heterocycles. The first-order valence-corrected chi connectivity index (χ1v) is 4.80. The van der Waals surface area contributed by atoms with Crippen LogP contribution in [-0.4, -0.2) is 11.7 Å². The van der Waals surface area contributed by atoms with Crippen LogP contribution in [0, 0.1) is 11.7 Å². The van der Waals surface area contributed by atoms with Crippen LogP contribution in [0.4, 0.5) is 4.39 Å². The van der Waals surface area contributed by atoms with Gasteiger partial charge in [-0.2, -0.15) is 0 Å². The van der Waals surface area contributed by atoms with E-state index in [1.54, 1.807) is 19.1 Å². The molecular weight excluding hydrogens is 179 g/mol. The number of benzene rings is 1. The van der Waals surface area contributed by atoms with Gasteiger partial charge < -0.3 is 5.11 Å². The third-order valence-corrected chi connectivity index (χ3v) is 2.35. The van der Waals surface area contributed by atoms with Crippen molar-refractivity contribution in [2.75, 3.05) is 6.61 Å². The van der Waals surface area contributed by atoms with E-state index in [9.17, 15) is 4.39 Å². The van der Waals surface area contributed by atoms with Gasteiger partial charge in [-0.1, -0.05) is 39.0 Å². The number of hydrogen-bond acceptors (Lipinski definition) is 1. The van der Waals surface area contributed by atoms with Gasteiger partial charge in [0.15, 0.2) is 0 Å². The molecule has 0 aliphatic rings. The van der Waals surface area contributed by atoms with Crippen molar-refractivity contribution in [2.24, 2.45) is 0 Å². The van der Waals surface area contributed by atoms with Gasteiger partial charge in [-0.25, -0.2) is 4.39 Å². The molecule has 0 bridgehead atoms. The zero-order valence-electron chi connectivity index (χ0n) is 8.84. The van der Waals surface area contributed by atoms with Crippen LogP contribution in [0.2, 0.25) is 0 Å². The first-order valence-electron chi connectivity index (χ1n) is 4.80. The van der Waals surface area contributed by atoms with Crippen LogP contribution in [0.15, 0.2) is 18.2 Å². The Morgan fingerprint density at radius 2 is 2.07 bits per heavy atom. The maximum absolute atomic E-state index is 13.8. The minimum atomic E-state index is -0.200. The summed E-state index contributed by atoms with van der Waals surface area (Å²) < 4.78 is 13.8. The molecule has 0 spiro atoms. The summed E-state index contributed by atoms with van der Waals surface area (Å²) in [7, 11) is 0. The monoisotopic (exact) mass is 195 g/mol. The maximum Gasteiger partial charge on any atom is 0.130 e. The van der Waals surface area contributed by atoms with Gasteiger partial charge in [0, 0.05) is 5.92 Å². The van der Waals surface area contributed by atoms with E-state index in [4.69, 9.17) is 5.11 Å². The van der Waals surface area contributed by atoms with Gasteiger partial charge in [0.1, 0.15) is 5.82 Å². The Labute approximate surface area is 84.6 Å². The highest BCUT2D eigenvalue weighted by molar-refractivity contribution is 5.36. The lowest BCUT2D eigenvalue weighted by molar-refractivity contribution is 0.313. The van der Waals surface area contributed by atoms with Crippen LogP contribution in [-0.2, 0) is 0 Å². The van der Waals surface area contributed by atoms with Crippen molar-refractivity contribution in [1.82, 2.24) is 0 Å². The smallest absolute Gasteiger partial charge is 0.130 e. The third kappa shape index (κ3) is 2.13. The Balaban J connectivity index is 3.13. The molecule has 1 N–H and O–H groups in total. The standard InChI is InChI=1S/C12H16FO/c1-8(2)10-5-4-6-11(12(10)13)9(3)7-14/h4-6,8,14H,7H2,1-3H3. The van der Waals surface area contributed by atoms with Crippen LogP contribution in [0.5, 0.6) is 0 Å². The second-order valence-electron chi connectivity index (χ2n) is 3.80. The molecule has 0 saturated carbocycles. The van der Waals surface area contributed by atoms with E-state index in [-0.39, 0.29) is 18.3 Å². The van der Waals surface area contributed by atoms with Crippen molar-refractivity contribution in [3.05, 3.63) is 41.1 Å². The Morgan fingerprint density at radius 1 is 1.43 bits per heavy atom. The fourth-order valence-corrected chi connectivity index (χ4v) is 1.41. The van der Waals surface area contributed by atoms with Crippen LogP contribution in [0.1, 0.15) is 37.8 Å². The van der Waals surface area contributed by atoms with Crippen LogP contribution >= 0.6 is 0 Å². The molecule has 0 aromatic heterocycles. The summed E-state index contributed by atoms with van der Waals surface area (Å²) in [5.41, 5.74) is 1.23. The van der Waals surface area contributed by atoms with Crippen molar-refractivity contribution in [3.63, 3.8) is 0 Å². The SMILES string of the molecule is C[C](CO)c1cccc(C(C)C)c1F. The highest BCUT2D eigenvalue weighted by Gasteiger charge is 2.15. The summed E-state index contributed by atoms with van der Waals surface area (Å²) >= 11 is 0. The van der Waals surface area contributed by atoms with E-state index in [1.807, 2.05) is 19.9 Å². The summed E-state index contributed by atoms with van der Waals surface area (Å²) in [5, 5.41) is 8.94. The molecular formula is C12H16FO. The summed E-state index contributed by atoms with van der Waals surface area (Å²) in [6, 6.07) is 5.31. The number of halogens is 1. The van der Waals surface area contributed by atoms with Crippen LogP contribution < -0.4 is 0 Å². The molecule has 0 aliphatic heterocycles. The summed E-state index contributed by atoms with van der Waals surface area (Å²) in [6.45, 7) is 5.55. The Hall–Kier alpha value is -0.890. The van der Waals surface area contributed by atoms with E-state index in [1.165, 1.54) is 0 Å². The molecule has 1 nitrogen and oxygen atoms in total. The molecule has 77 valence electrons. The first-order chi connectivity index (χ1) is 6.57. The van der Waals surface area contributed by atoms with E-state index < -0.39 is 0 Å². The summed E-state index contributed by atoms with van der Waals surface area (Å²) in [6.07, 6.45) is 0. The van der Waals surface area contributed by atoms with Crippen molar-refractivity contribution in [2.45, 2.75) is 26.7 Å². The summed E-state index contributed by atoms with van der Waals surface area (Å²) in [5.74, 6) is 0.639. The third-order valence-electron chi connectivity index (χ3n) is 2.35. The molecule has 1 radical (unpaired) electrons. The van der Waals surface area contributed by atoms with E-state index in [0.29, 0.717) is 17.0 Å². The molecule has 0 unspecified atom stereocenters. The number of aliphatic hydroxyl groups is 1. The molecule has 0 saturated heterocycles. The molecule has 1 aromatic rings. The second kappa shape index (κ2) is 4.56. The number of aliphatic hydroxyl groups excluding tert-OH is 1. The summed E-state index contributed by atoms with van der Waals surface area (Å²) in [4.78, 5) is 0. The van der Waals surface area contributed by atoms with E-state index >= 15 is 0 Å². The van der Waals surface area contributed by atoms with Crippen LogP contribution in [0.3, 0.4) is 0 Å². The van der Waals surface area contributed by atoms with Crippen molar-refractivity contribution in [3.8, 4) is 0 Å². The molecule has 14 heavy (non-hydrogen) atoms. The first kappa shape index (κ1) is 11.2. The minimum absolute atomic E-state index is 0.0987. The average Bonchev–Trinajstić information content (AvgIpc) is 2.16. The molecule has 0 aliphatic carbocycles. The molecule has 0 fully saturated rings. The number of hydrogen-bond donors (Lipinski definition) is 1. The predicted octanol–water partition coefficient (Wildman–Crippen LogP) is 2.88. The van der Waals surface area contributed by atoms with E-state index in [0.717, 1.165) is 0 Å². The fraction of sp³-hybridized carbons (Fsp3) is 0.417. The Bertz CT molecular complexity index is 307. The van der Waals surface area contributed by atoms with E-state index in [2.05, 4.69) is 0 Å². The lowest BCUT2D eigenvalue weighted by atomic mass is 9.94. The van der Waals surface area contributed by atoms with Crippen molar-refractivity contribution < 1.29 is 9.50 Å². The zero-order chi connectivity index (χ0) is 10.7. The van der Waals surface area contributed by atoms with Gasteiger partial charge >= 0.3 is 0 Å². The highest BCUT2D eigenvalue weighted by atomic mass is 19.1. The average molecular weight is 195 g/mol. The lowest BCUT2D eigenvalue weighted by Gasteiger charge is -2.13. The van der Waals surface area contributed by atoms with Gasteiger partial charge in [0.05, 0.1) is 6.61 Å². The largest absolute Gasteiger partial charge is 0.395 e. The minimum Gasteiger partial charge on any atom is -0.395 e. The molecule has 1 aromatic carbocycles. The van der Waals surface area contributed by atoms with Crippen molar-refractivity contribution in [1.29, 1.82) is 0 Å². The Kier molecular flexibility index (Phi) is 3.64. The predicted molar refractivity (Wildman–Crippen MR) is 55.6 cm³/mol. The molecule has 2 heteroatoms. The Morgan fingerprint density at radius 3 is 2.57 bits per heavy atom. The quantitative estimate of drug-likeness (QED) is 0.786. The number of rotatable bonds is 3. The van der Waals surface area contributed by atoms with Gasteiger partial charge in [-0.15, -0.1) is 0 Å². The maximum atomic E-state index is 13.8. The highest BCUT2D eigenvalue weighted by Crippen LogP contribution is 2.25. The second-order valence-corrected chi connectivity index (χ2v) is 3.80. The lowest BCUT2D eigenvalue weighted by Crippen LogP contribution is -2.06. The fourth-order valence-electron chi connectivity index (χ4n) is 1.41. The van der Waals surface area contributed by atoms with Crippen LogP contribution in [0.25, 0.3) is 0 Å². The van der Waals surface area contributed by atoms with Gasteiger partial charge in [-0.05, 0) is 17.0 Å². The molecule has 1 rings (SSSR count).